The minimum absolute atomic E-state index is 0.285. The molecule has 7 nitrogen and oxygen atoms in total. The molecule has 4 N–H and O–H groups in total. The monoisotopic (exact) mass is 260 g/mol. The van der Waals surface area contributed by atoms with Crippen molar-refractivity contribution < 1.29 is 0 Å². The van der Waals surface area contributed by atoms with Gasteiger partial charge in [0.15, 0.2) is 0 Å². The summed E-state index contributed by atoms with van der Waals surface area (Å²) in [4.78, 5) is 38.1. The summed E-state index contributed by atoms with van der Waals surface area (Å²) in [6, 6.07) is 4.77. The van der Waals surface area contributed by atoms with Crippen molar-refractivity contribution in [1.29, 1.82) is 0 Å². The number of allylic oxidation sites excluding steroid dienone is 1. The number of benzene rings is 1. The molecular weight excluding hydrogens is 248 g/mol. The van der Waals surface area contributed by atoms with E-state index in [4.69, 9.17) is 5.73 Å². The first kappa shape index (κ1) is 12.6. The number of anilines is 1. The predicted molar refractivity (Wildman–Crippen MR) is 71.6 cm³/mol. The molecule has 0 radical (unpaired) electrons. The Bertz CT molecular complexity index is 763. The van der Waals surface area contributed by atoms with Crippen molar-refractivity contribution in [3.8, 4) is 5.69 Å². The van der Waals surface area contributed by atoms with Gasteiger partial charge >= 0.3 is 17.1 Å². The van der Waals surface area contributed by atoms with E-state index in [0.29, 0.717) is 12.1 Å². The van der Waals surface area contributed by atoms with Crippen LogP contribution in [-0.2, 0) is 6.42 Å². The largest absolute Gasteiger partial charge is 0.398 e. The average molecular weight is 260 g/mol. The van der Waals surface area contributed by atoms with Crippen molar-refractivity contribution >= 4 is 5.69 Å². The summed E-state index contributed by atoms with van der Waals surface area (Å²) >= 11 is 0. The van der Waals surface area contributed by atoms with Gasteiger partial charge < -0.3 is 5.73 Å². The number of aromatic amines is 2. The molecule has 0 saturated heterocycles. The zero-order valence-electron chi connectivity index (χ0n) is 9.97. The van der Waals surface area contributed by atoms with Crippen LogP contribution in [0.25, 0.3) is 5.69 Å². The second-order valence-electron chi connectivity index (χ2n) is 3.90. The third-order valence-electron chi connectivity index (χ3n) is 2.60. The number of nitrogen functional groups attached to an aromatic ring is 1. The first-order valence-electron chi connectivity index (χ1n) is 5.48. The predicted octanol–water partition coefficient (Wildman–Crippen LogP) is -0.475. The maximum Gasteiger partial charge on any atom is 0.338 e. The highest BCUT2D eigenvalue weighted by Gasteiger charge is 2.07. The van der Waals surface area contributed by atoms with Crippen LogP contribution in [-0.4, -0.2) is 14.5 Å². The molecule has 2 aromatic rings. The second kappa shape index (κ2) is 4.81. The first-order valence-corrected chi connectivity index (χ1v) is 5.48. The maximum atomic E-state index is 11.6. The Kier molecular flexibility index (Phi) is 3.19. The third kappa shape index (κ3) is 2.39. The van der Waals surface area contributed by atoms with Crippen LogP contribution in [0.1, 0.15) is 5.56 Å². The van der Waals surface area contributed by atoms with E-state index in [1.54, 1.807) is 18.2 Å². The number of nitrogens with two attached hydrogens (primary N) is 1. The summed E-state index contributed by atoms with van der Waals surface area (Å²) in [6.45, 7) is 3.61. The molecule has 0 aliphatic carbocycles. The molecule has 1 aromatic heterocycles. The van der Waals surface area contributed by atoms with E-state index in [9.17, 15) is 14.4 Å². The van der Waals surface area contributed by atoms with E-state index >= 15 is 0 Å². The fourth-order valence-corrected chi connectivity index (χ4v) is 1.73. The number of rotatable bonds is 3. The van der Waals surface area contributed by atoms with Crippen LogP contribution in [0.3, 0.4) is 0 Å². The van der Waals surface area contributed by atoms with Gasteiger partial charge in [-0.3, -0.25) is 9.97 Å². The summed E-state index contributed by atoms with van der Waals surface area (Å²) in [5, 5.41) is 0. The number of nitrogens with one attached hydrogen (secondary N) is 2. The number of hydrogen-bond acceptors (Lipinski definition) is 4. The van der Waals surface area contributed by atoms with Crippen LogP contribution in [0.15, 0.2) is 45.2 Å². The van der Waals surface area contributed by atoms with Gasteiger partial charge in [0.1, 0.15) is 0 Å². The molecule has 0 saturated carbocycles. The van der Waals surface area contributed by atoms with E-state index < -0.39 is 17.1 Å². The lowest BCUT2D eigenvalue weighted by Gasteiger charge is -2.07. The molecule has 19 heavy (non-hydrogen) atoms. The van der Waals surface area contributed by atoms with Crippen LogP contribution in [0.4, 0.5) is 5.69 Å². The average Bonchev–Trinajstić information content (AvgIpc) is 2.31. The molecule has 98 valence electrons. The van der Waals surface area contributed by atoms with Crippen LogP contribution < -0.4 is 22.8 Å². The Labute approximate surface area is 107 Å². The van der Waals surface area contributed by atoms with Gasteiger partial charge in [0.05, 0.1) is 5.69 Å². The van der Waals surface area contributed by atoms with Gasteiger partial charge in [-0.15, -0.1) is 6.58 Å². The molecule has 0 unspecified atom stereocenters. The van der Waals surface area contributed by atoms with Crippen LogP contribution >= 0.6 is 0 Å². The number of H-pyrrole nitrogens is 2. The van der Waals surface area contributed by atoms with Gasteiger partial charge in [-0.25, -0.2) is 19.0 Å². The number of nitrogens with zero attached hydrogens (tertiary/aromatic N) is 1. The fraction of sp³-hybridized carbons (Fsp3) is 0.0833. The van der Waals surface area contributed by atoms with Gasteiger partial charge in [-0.2, -0.15) is 0 Å². The van der Waals surface area contributed by atoms with E-state index in [-0.39, 0.29) is 5.69 Å². The van der Waals surface area contributed by atoms with Crippen LogP contribution in [0, 0.1) is 0 Å². The van der Waals surface area contributed by atoms with E-state index in [1.165, 1.54) is 6.07 Å². The highest BCUT2D eigenvalue weighted by molar-refractivity contribution is 5.54. The summed E-state index contributed by atoms with van der Waals surface area (Å²) in [7, 11) is 0. The molecule has 0 bridgehead atoms. The highest BCUT2D eigenvalue weighted by Crippen LogP contribution is 2.16. The summed E-state index contributed by atoms with van der Waals surface area (Å²) in [5.74, 6) is 0. The minimum Gasteiger partial charge on any atom is -0.398 e. The third-order valence-corrected chi connectivity index (χ3v) is 2.60. The summed E-state index contributed by atoms with van der Waals surface area (Å²) in [6.07, 6.45) is 2.29. The molecular formula is C12H12N4O3. The van der Waals surface area contributed by atoms with Gasteiger partial charge in [0.2, 0.25) is 0 Å². The second-order valence-corrected chi connectivity index (χ2v) is 3.90. The number of hydrogen-bond donors (Lipinski definition) is 3. The molecule has 2 rings (SSSR count). The standard InChI is InChI=1S/C12H12N4O3/c1-2-3-7-4-5-8(6-9(7)13)16-11(18)14-10(17)15-12(16)19/h2,4-6H,1,3,13H2,(H2,14,15,17,18,19). The topological polar surface area (TPSA) is 114 Å². The van der Waals surface area contributed by atoms with Gasteiger partial charge in [-0.05, 0) is 24.1 Å². The Hall–Kier alpha value is -2.83. The fourth-order valence-electron chi connectivity index (χ4n) is 1.73. The highest BCUT2D eigenvalue weighted by atomic mass is 16.2. The first-order chi connectivity index (χ1) is 9.02. The molecule has 0 spiro atoms. The van der Waals surface area contributed by atoms with Crippen LogP contribution in [0.2, 0.25) is 0 Å². The maximum absolute atomic E-state index is 11.6. The zero-order chi connectivity index (χ0) is 14.0. The normalized spacial score (nSPS) is 10.3. The smallest absolute Gasteiger partial charge is 0.338 e. The minimum atomic E-state index is -0.845. The van der Waals surface area contributed by atoms with Crippen molar-refractivity contribution in [1.82, 2.24) is 14.5 Å². The Morgan fingerprint density at radius 1 is 1.21 bits per heavy atom. The van der Waals surface area contributed by atoms with Gasteiger partial charge in [0.25, 0.3) is 0 Å². The zero-order valence-corrected chi connectivity index (χ0v) is 9.97. The lowest BCUT2D eigenvalue weighted by Crippen LogP contribution is -2.42. The molecule has 0 atom stereocenters. The molecule has 0 aliphatic rings. The Morgan fingerprint density at radius 2 is 1.84 bits per heavy atom. The van der Waals surface area contributed by atoms with E-state index in [0.717, 1.165) is 10.1 Å². The Balaban J connectivity index is 2.64. The molecule has 1 aromatic carbocycles. The quantitative estimate of drug-likeness (QED) is 0.511. The van der Waals surface area contributed by atoms with Crippen molar-refractivity contribution in [3.05, 3.63) is 67.9 Å². The van der Waals surface area contributed by atoms with Crippen molar-refractivity contribution in [2.45, 2.75) is 6.42 Å². The lowest BCUT2D eigenvalue weighted by atomic mass is 10.1. The SMILES string of the molecule is C=CCc1ccc(-n2c(=O)[nH]c(=O)[nH]c2=O)cc1N. The van der Waals surface area contributed by atoms with Gasteiger partial charge in [-0.1, -0.05) is 12.1 Å². The van der Waals surface area contributed by atoms with E-state index in [2.05, 4.69) is 6.58 Å². The number of aromatic nitrogens is 3. The molecule has 7 heteroatoms. The molecule has 1 heterocycles. The molecule has 0 amide bonds. The lowest BCUT2D eigenvalue weighted by molar-refractivity contribution is 0.784. The summed E-state index contributed by atoms with van der Waals surface area (Å²) in [5.41, 5.74) is 4.92. The molecule has 0 fully saturated rings. The van der Waals surface area contributed by atoms with E-state index in [1.807, 2.05) is 9.97 Å². The van der Waals surface area contributed by atoms with Gasteiger partial charge in [0, 0.05) is 5.69 Å². The van der Waals surface area contributed by atoms with Crippen molar-refractivity contribution in [3.63, 3.8) is 0 Å². The van der Waals surface area contributed by atoms with Crippen molar-refractivity contribution in [2.24, 2.45) is 0 Å². The molecule has 0 aliphatic heterocycles. The van der Waals surface area contributed by atoms with Crippen LogP contribution in [0.5, 0.6) is 0 Å². The van der Waals surface area contributed by atoms with Crippen molar-refractivity contribution in [2.75, 3.05) is 5.73 Å². The summed E-state index contributed by atoms with van der Waals surface area (Å²) < 4.78 is 0.801. The Morgan fingerprint density at radius 3 is 2.37 bits per heavy atom.